The van der Waals surface area contributed by atoms with Crippen LogP contribution in [-0.4, -0.2) is 30.3 Å². The normalized spacial score (nSPS) is 10.4. The second-order valence-corrected chi connectivity index (χ2v) is 6.06. The maximum Gasteiger partial charge on any atom is 0.244 e. The van der Waals surface area contributed by atoms with Crippen molar-refractivity contribution in [3.8, 4) is 0 Å². The molecule has 0 radical (unpaired) electrons. The molecule has 1 aromatic carbocycles. The van der Waals surface area contributed by atoms with Crippen molar-refractivity contribution in [2.45, 2.75) is 26.7 Å². The highest BCUT2D eigenvalue weighted by Crippen LogP contribution is 2.20. The van der Waals surface area contributed by atoms with Gasteiger partial charge in [-0.1, -0.05) is 26.0 Å². The number of hydrogen-bond acceptors (Lipinski definition) is 2. The molecule has 1 rings (SSSR count). The number of hydrogen-bond donors (Lipinski definition) is 1. The summed E-state index contributed by atoms with van der Waals surface area (Å²) < 4.78 is 0.821. The van der Waals surface area contributed by atoms with Crippen molar-refractivity contribution in [1.82, 2.24) is 4.90 Å². The molecule has 0 heterocycles. The molecular formula is C15H21BrN2O2. The molecule has 1 N–H and O–H groups in total. The van der Waals surface area contributed by atoms with E-state index in [0.717, 1.165) is 10.9 Å². The Balaban J connectivity index is 2.46. The van der Waals surface area contributed by atoms with Gasteiger partial charge < -0.3 is 10.2 Å². The number of carbonyl (C=O) groups excluding carboxylic acids is 2. The van der Waals surface area contributed by atoms with Crippen LogP contribution >= 0.6 is 15.9 Å². The summed E-state index contributed by atoms with van der Waals surface area (Å²) in [4.78, 5) is 25.2. The standard InChI is InChI=1S/C15H21BrN2O2/c1-11(2)8-9-15(20)18(3)10-14(19)17-13-7-5-4-6-12(13)16/h4-7,11H,8-10H2,1-3H3,(H,17,19). The number of rotatable bonds is 6. The molecule has 0 spiro atoms. The van der Waals surface area contributed by atoms with Crippen LogP contribution in [0, 0.1) is 5.92 Å². The molecule has 0 bridgehead atoms. The van der Waals surface area contributed by atoms with Gasteiger partial charge in [0, 0.05) is 17.9 Å². The van der Waals surface area contributed by atoms with E-state index in [1.54, 1.807) is 7.05 Å². The SMILES string of the molecule is CC(C)CCC(=O)N(C)CC(=O)Nc1ccccc1Br. The number of nitrogens with zero attached hydrogens (tertiary/aromatic N) is 1. The molecule has 0 atom stereocenters. The lowest BCUT2D eigenvalue weighted by atomic mass is 10.1. The van der Waals surface area contributed by atoms with Gasteiger partial charge in [0.25, 0.3) is 0 Å². The topological polar surface area (TPSA) is 49.4 Å². The Morgan fingerprint density at radius 1 is 1.30 bits per heavy atom. The Kier molecular flexibility index (Phi) is 6.71. The predicted molar refractivity (Wildman–Crippen MR) is 84.5 cm³/mol. The average molecular weight is 341 g/mol. The number of anilines is 1. The Bertz CT molecular complexity index is 475. The quantitative estimate of drug-likeness (QED) is 0.863. The molecule has 0 aliphatic rings. The number of para-hydroxylation sites is 1. The third-order valence-corrected chi connectivity index (χ3v) is 3.58. The van der Waals surface area contributed by atoms with Gasteiger partial charge in [0.1, 0.15) is 0 Å². The molecule has 0 unspecified atom stereocenters. The summed E-state index contributed by atoms with van der Waals surface area (Å²) in [5, 5.41) is 2.78. The minimum Gasteiger partial charge on any atom is -0.336 e. The van der Waals surface area contributed by atoms with Crippen molar-refractivity contribution < 1.29 is 9.59 Å². The van der Waals surface area contributed by atoms with Gasteiger partial charge in [0.15, 0.2) is 0 Å². The van der Waals surface area contributed by atoms with Crippen LogP contribution in [0.2, 0.25) is 0 Å². The molecule has 2 amide bonds. The summed E-state index contributed by atoms with van der Waals surface area (Å²) in [7, 11) is 1.66. The summed E-state index contributed by atoms with van der Waals surface area (Å²) in [6.07, 6.45) is 1.32. The molecule has 0 aliphatic carbocycles. The molecule has 0 aliphatic heterocycles. The summed E-state index contributed by atoms with van der Waals surface area (Å²) in [6, 6.07) is 7.38. The second kappa shape index (κ2) is 8.04. The Morgan fingerprint density at radius 3 is 2.55 bits per heavy atom. The number of halogens is 1. The van der Waals surface area contributed by atoms with Crippen molar-refractivity contribution in [2.75, 3.05) is 18.9 Å². The van der Waals surface area contributed by atoms with E-state index in [-0.39, 0.29) is 18.4 Å². The molecular weight excluding hydrogens is 320 g/mol. The Morgan fingerprint density at radius 2 is 1.95 bits per heavy atom. The van der Waals surface area contributed by atoms with Crippen molar-refractivity contribution in [3.05, 3.63) is 28.7 Å². The summed E-state index contributed by atoms with van der Waals surface area (Å²) in [6.45, 7) is 4.22. The smallest absolute Gasteiger partial charge is 0.244 e. The third-order valence-electron chi connectivity index (χ3n) is 2.89. The molecule has 0 saturated heterocycles. The van der Waals surface area contributed by atoms with Gasteiger partial charge in [-0.05, 0) is 40.4 Å². The van der Waals surface area contributed by atoms with E-state index < -0.39 is 0 Å². The van der Waals surface area contributed by atoms with E-state index in [4.69, 9.17) is 0 Å². The third kappa shape index (κ3) is 5.74. The van der Waals surface area contributed by atoms with Gasteiger partial charge in [0.2, 0.25) is 11.8 Å². The van der Waals surface area contributed by atoms with Crippen LogP contribution in [0.4, 0.5) is 5.69 Å². The maximum atomic E-state index is 11.9. The summed E-state index contributed by atoms with van der Waals surface area (Å²) >= 11 is 3.37. The monoisotopic (exact) mass is 340 g/mol. The van der Waals surface area contributed by atoms with E-state index in [2.05, 4.69) is 35.1 Å². The molecule has 5 heteroatoms. The largest absolute Gasteiger partial charge is 0.336 e. The first-order valence-corrected chi connectivity index (χ1v) is 7.47. The van der Waals surface area contributed by atoms with Gasteiger partial charge in [0.05, 0.1) is 12.2 Å². The van der Waals surface area contributed by atoms with Gasteiger partial charge in [-0.15, -0.1) is 0 Å². The van der Waals surface area contributed by atoms with Gasteiger partial charge in [-0.25, -0.2) is 0 Å². The molecule has 20 heavy (non-hydrogen) atoms. The predicted octanol–water partition coefficient (Wildman–Crippen LogP) is 3.28. The molecule has 1 aromatic rings. The number of amides is 2. The van der Waals surface area contributed by atoms with E-state index >= 15 is 0 Å². The van der Waals surface area contributed by atoms with Crippen molar-refractivity contribution in [2.24, 2.45) is 5.92 Å². The lowest BCUT2D eigenvalue weighted by Gasteiger charge is -2.17. The highest BCUT2D eigenvalue weighted by atomic mass is 79.9. The van der Waals surface area contributed by atoms with Gasteiger partial charge >= 0.3 is 0 Å². The van der Waals surface area contributed by atoms with Crippen LogP contribution in [-0.2, 0) is 9.59 Å². The number of likely N-dealkylation sites (N-methyl/N-ethyl adjacent to an activating group) is 1. The Hall–Kier alpha value is -1.36. The summed E-state index contributed by atoms with van der Waals surface area (Å²) in [5.74, 6) is 0.291. The van der Waals surface area contributed by atoms with E-state index in [1.165, 1.54) is 4.90 Å². The van der Waals surface area contributed by atoms with E-state index in [0.29, 0.717) is 18.0 Å². The zero-order valence-corrected chi connectivity index (χ0v) is 13.7. The zero-order chi connectivity index (χ0) is 15.1. The van der Waals surface area contributed by atoms with Gasteiger partial charge in [-0.3, -0.25) is 9.59 Å². The van der Waals surface area contributed by atoms with Crippen LogP contribution < -0.4 is 5.32 Å². The fraction of sp³-hybridized carbons (Fsp3) is 0.467. The first-order valence-electron chi connectivity index (χ1n) is 6.68. The van der Waals surface area contributed by atoms with Gasteiger partial charge in [-0.2, -0.15) is 0 Å². The number of nitrogens with one attached hydrogen (secondary N) is 1. The highest BCUT2D eigenvalue weighted by Gasteiger charge is 2.14. The van der Waals surface area contributed by atoms with Crippen LogP contribution in [0.1, 0.15) is 26.7 Å². The van der Waals surface area contributed by atoms with Crippen LogP contribution in [0.25, 0.3) is 0 Å². The minimum absolute atomic E-state index is 0.000905. The lowest BCUT2D eigenvalue weighted by molar-refractivity contribution is -0.133. The highest BCUT2D eigenvalue weighted by molar-refractivity contribution is 9.10. The van der Waals surface area contributed by atoms with Crippen LogP contribution in [0.5, 0.6) is 0 Å². The molecule has 0 aromatic heterocycles. The van der Waals surface area contributed by atoms with Crippen molar-refractivity contribution in [3.63, 3.8) is 0 Å². The number of benzene rings is 1. The molecule has 0 saturated carbocycles. The van der Waals surface area contributed by atoms with E-state index in [1.807, 2.05) is 24.3 Å². The first-order chi connectivity index (χ1) is 9.40. The number of carbonyl (C=O) groups is 2. The average Bonchev–Trinajstić information content (AvgIpc) is 2.38. The molecule has 0 fully saturated rings. The van der Waals surface area contributed by atoms with Crippen LogP contribution in [0.3, 0.4) is 0 Å². The molecule has 4 nitrogen and oxygen atoms in total. The van der Waals surface area contributed by atoms with Crippen molar-refractivity contribution >= 4 is 33.4 Å². The first kappa shape index (κ1) is 16.7. The zero-order valence-electron chi connectivity index (χ0n) is 12.1. The van der Waals surface area contributed by atoms with Crippen molar-refractivity contribution in [1.29, 1.82) is 0 Å². The Labute approximate surface area is 128 Å². The molecule has 110 valence electrons. The van der Waals surface area contributed by atoms with E-state index in [9.17, 15) is 9.59 Å². The van der Waals surface area contributed by atoms with Crippen LogP contribution in [0.15, 0.2) is 28.7 Å². The fourth-order valence-electron chi connectivity index (χ4n) is 1.66. The summed E-state index contributed by atoms with van der Waals surface area (Å²) in [5.41, 5.74) is 0.709. The fourth-order valence-corrected chi connectivity index (χ4v) is 2.04. The second-order valence-electron chi connectivity index (χ2n) is 5.21. The maximum absolute atomic E-state index is 11.9. The lowest BCUT2D eigenvalue weighted by Crippen LogP contribution is -2.35. The minimum atomic E-state index is -0.197.